The average Bonchev–Trinajstić information content (AvgIpc) is 3.52. The number of alkyl halides is 2. The Bertz CT molecular complexity index is 1360. The first-order valence-corrected chi connectivity index (χ1v) is 11.2. The molecule has 0 aliphatic carbocycles. The standard InChI is InChI=1S/C24H22F2N8O/c25-24(26)14-34(15-24)22(35)17-9-20-13-33(8-7-32(20)12-17)23-27-6-5-21(31-23)30-19-3-1-16(2-4-19)18-10-28-29-11-18/h1-6,9-12H,7-8,13-15H2,(H,28,29)(H,27,30,31). The zero-order chi connectivity index (χ0) is 24.0. The van der Waals surface area contributed by atoms with E-state index in [-0.39, 0.29) is 5.91 Å². The fourth-order valence-corrected chi connectivity index (χ4v) is 4.40. The summed E-state index contributed by atoms with van der Waals surface area (Å²) in [6, 6.07) is 11.5. The molecule has 4 aromatic rings. The number of halogens is 2. The minimum absolute atomic E-state index is 0.356. The van der Waals surface area contributed by atoms with Crippen LogP contribution in [0.3, 0.4) is 0 Å². The second-order valence-electron chi connectivity index (χ2n) is 8.78. The van der Waals surface area contributed by atoms with Crippen LogP contribution in [0.4, 0.5) is 26.2 Å². The number of hydrogen-bond donors (Lipinski definition) is 2. The molecule has 0 unspecified atom stereocenters. The molecule has 1 saturated heterocycles. The van der Waals surface area contributed by atoms with Gasteiger partial charge in [0.15, 0.2) is 0 Å². The lowest BCUT2D eigenvalue weighted by molar-refractivity contribution is -0.113. The molecule has 9 nitrogen and oxygen atoms in total. The minimum atomic E-state index is -2.77. The van der Waals surface area contributed by atoms with Crippen molar-refractivity contribution in [3.63, 3.8) is 0 Å². The molecule has 1 fully saturated rings. The van der Waals surface area contributed by atoms with Crippen molar-refractivity contribution in [3.8, 4) is 11.1 Å². The summed E-state index contributed by atoms with van der Waals surface area (Å²) in [5, 5.41) is 10.1. The highest BCUT2D eigenvalue weighted by Gasteiger charge is 2.46. The van der Waals surface area contributed by atoms with Gasteiger partial charge in [0.05, 0.1) is 31.4 Å². The number of rotatable bonds is 5. The van der Waals surface area contributed by atoms with Gasteiger partial charge in [-0.3, -0.25) is 9.89 Å². The van der Waals surface area contributed by atoms with Gasteiger partial charge in [-0.2, -0.15) is 10.1 Å². The van der Waals surface area contributed by atoms with Gasteiger partial charge >= 0.3 is 0 Å². The topological polar surface area (TPSA) is 95.0 Å². The molecule has 0 saturated carbocycles. The van der Waals surface area contributed by atoms with Gasteiger partial charge in [-0.1, -0.05) is 12.1 Å². The number of aromatic nitrogens is 5. The van der Waals surface area contributed by atoms with E-state index >= 15 is 0 Å². The van der Waals surface area contributed by atoms with Gasteiger partial charge in [-0.05, 0) is 29.8 Å². The number of nitrogens with one attached hydrogen (secondary N) is 2. The maximum Gasteiger partial charge on any atom is 0.282 e. The van der Waals surface area contributed by atoms with E-state index < -0.39 is 19.0 Å². The first kappa shape index (κ1) is 21.3. The summed E-state index contributed by atoms with van der Waals surface area (Å²) < 4.78 is 28.3. The zero-order valence-electron chi connectivity index (χ0n) is 18.7. The van der Waals surface area contributed by atoms with Crippen LogP contribution in [-0.4, -0.2) is 61.1 Å². The summed E-state index contributed by atoms with van der Waals surface area (Å²) in [7, 11) is 0. The number of likely N-dealkylation sites (tertiary alicyclic amines) is 1. The van der Waals surface area contributed by atoms with Crippen LogP contribution in [0.2, 0.25) is 0 Å². The van der Waals surface area contributed by atoms with E-state index in [9.17, 15) is 13.6 Å². The van der Waals surface area contributed by atoms with Crippen LogP contribution < -0.4 is 10.2 Å². The SMILES string of the molecule is O=C(c1cc2n(c1)CCN(c1nccc(Nc3ccc(-c4cn[nH]c4)cc3)n1)C2)N1CC(F)(F)C1. The summed E-state index contributed by atoms with van der Waals surface area (Å²) >= 11 is 0. The van der Waals surface area contributed by atoms with Gasteiger partial charge in [0.2, 0.25) is 5.95 Å². The molecular weight excluding hydrogens is 454 g/mol. The molecule has 0 spiro atoms. The highest BCUT2D eigenvalue weighted by Crippen LogP contribution is 2.29. The molecule has 1 amide bonds. The van der Waals surface area contributed by atoms with Gasteiger partial charge in [0.25, 0.3) is 11.8 Å². The van der Waals surface area contributed by atoms with Crippen LogP contribution in [0.15, 0.2) is 61.2 Å². The predicted octanol–water partition coefficient (Wildman–Crippen LogP) is 3.52. The zero-order valence-corrected chi connectivity index (χ0v) is 18.7. The Morgan fingerprint density at radius 3 is 2.66 bits per heavy atom. The fourth-order valence-electron chi connectivity index (χ4n) is 4.40. The van der Waals surface area contributed by atoms with Crippen LogP contribution in [0.25, 0.3) is 11.1 Å². The number of anilines is 3. The molecule has 0 radical (unpaired) electrons. The molecule has 0 atom stereocenters. The number of amides is 1. The second-order valence-corrected chi connectivity index (χ2v) is 8.78. The monoisotopic (exact) mass is 476 g/mol. The predicted molar refractivity (Wildman–Crippen MR) is 126 cm³/mol. The van der Waals surface area contributed by atoms with Crippen molar-refractivity contribution in [1.82, 2.24) is 29.6 Å². The quantitative estimate of drug-likeness (QED) is 0.458. The molecule has 2 aliphatic rings. The van der Waals surface area contributed by atoms with Crippen molar-refractivity contribution < 1.29 is 13.6 Å². The van der Waals surface area contributed by atoms with E-state index in [0.29, 0.717) is 37.0 Å². The third-order valence-electron chi connectivity index (χ3n) is 6.24. The van der Waals surface area contributed by atoms with Crippen LogP contribution >= 0.6 is 0 Å². The fraction of sp³-hybridized carbons (Fsp3) is 0.250. The van der Waals surface area contributed by atoms with Gasteiger partial charge in [0.1, 0.15) is 5.82 Å². The van der Waals surface area contributed by atoms with Gasteiger partial charge in [-0.15, -0.1) is 0 Å². The smallest absolute Gasteiger partial charge is 0.282 e. The molecule has 0 bridgehead atoms. The van der Waals surface area contributed by atoms with Crippen LogP contribution in [-0.2, 0) is 13.1 Å². The molecule has 11 heteroatoms. The van der Waals surface area contributed by atoms with Gasteiger partial charge in [-0.25, -0.2) is 13.8 Å². The number of benzene rings is 1. The van der Waals surface area contributed by atoms with Crippen molar-refractivity contribution in [2.24, 2.45) is 0 Å². The lowest BCUT2D eigenvalue weighted by Crippen LogP contribution is -2.58. The summed E-state index contributed by atoms with van der Waals surface area (Å²) in [4.78, 5) is 24.8. The summed E-state index contributed by atoms with van der Waals surface area (Å²) in [5.74, 6) is -1.88. The number of H-pyrrole nitrogens is 1. The Kier molecular flexibility index (Phi) is 4.97. The number of carbonyl (C=O) groups is 1. The van der Waals surface area contributed by atoms with Crippen molar-refractivity contribution >= 4 is 23.4 Å². The molecule has 35 heavy (non-hydrogen) atoms. The minimum Gasteiger partial charge on any atom is -0.347 e. The van der Waals surface area contributed by atoms with E-state index in [0.717, 1.165) is 22.5 Å². The molecule has 2 N–H and O–H groups in total. The summed E-state index contributed by atoms with van der Waals surface area (Å²) in [6.45, 7) is 0.803. The number of hydrogen-bond acceptors (Lipinski definition) is 6. The Hall–Kier alpha value is -4.28. The molecule has 2 aliphatic heterocycles. The lowest BCUT2D eigenvalue weighted by Gasteiger charge is -2.38. The Morgan fingerprint density at radius 2 is 1.91 bits per heavy atom. The number of nitrogens with zero attached hydrogens (tertiary/aromatic N) is 6. The van der Waals surface area contributed by atoms with E-state index in [1.165, 1.54) is 4.90 Å². The molecule has 1 aromatic carbocycles. The summed E-state index contributed by atoms with van der Waals surface area (Å²) in [5.41, 5.74) is 4.33. The molecular formula is C24H22F2N8O. The third kappa shape index (κ3) is 4.20. The maximum atomic E-state index is 13.1. The van der Waals surface area contributed by atoms with Crippen LogP contribution in [0.1, 0.15) is 16.1 Å². The number of fused-ring (bicyclic) bond motifs is 1. The molecule has 3 aromatic heterocycles. The van der Waals surface area contributed by atoms with Crippen molar-refractivity contribution in [2.45, 2.75) is 19.0 Å². The van der Waals surface area contributed by atoms with E-state index in [1.807, 2.05) is 39.9 Å². The number of aromatic amines is 1. The lowest BCUT2D eigenvalue weighted by atomic mass is 10.1. The van der Waals surface area contributed by atoms with E-state index in [4.69, 9.17) is 0 Å². The van der Waals surface area contributed by atoms with Crippen LogP contribution in [0.5, 0.6) is 0 Å². The molecule has 178 valence electrons. The molecule has 5 heterocycles. The summed E-state index contributed by atoms with van der Waals surface area (Å²) in [6.07, 6.45) is 7.07. The van der Waals surface area contributed by atoms with E-state index in [1.54, 1.807) is 30.7 Å². The third-order valence-corrected chi connectivity index (χ3v) is 6.24. The first-order chi connectivity index (χ1) is 16.9. The highest BCUT2D eigenvalue weighted by atomic mass is 19.3. The Morgan fingerprint density at radius 1 is 1.09 bits per heavy atom. The van der Waals surface area contributed by atoms with Crippen molar-refractivity contribution in [1.29, 1.82) is 0 Å². The Labute approximate surface area is 199 Å². The largest absolute Gasteiger partial charge is 0.347 e. The van der Waals surface area contributed by atoms with E-state index in [2.05, 4.69) is 25.5 Å². The van der Waals surface area contributed by atoms with Crippen molar-refractivity contribution in [2.75, 3.05) is 29.9 Å². The second kappa shape index (κ2) is 8.19. The van der Waals surface area contributed by atoms with Gasteiger partial charge in [0, 0.05) is 48.6 Å². The normalized spacial score (nSPS) is 16.5. The van der Waals surface area contributed by atoms with Crippen LogP contribution in [0, 0.1) is 0 Å². The Balaban J connectivity index is 1.13. The first-order valence-electron chi connectivity index (χ1n) is 11.2. The average molecular weight is 476 g/mol. The molecule has 6 rings (SSSR count). The van der Waals surface area contributed by atoms with Crippen molar-refractivity contribution in [3.05, 3.63) is 72.4 Å². The number of carbonyl (C=O) groups excluding carboxylic acids is 1. The highest BCUT2D eigenvalue weighted by molar-refractivity contribution is 5.95. The maximum absolute atomic E-state index is 13.1. The van der Waals surface area contributed by atoms with Gasteiger partial charge < -0.3 is 19.7 Å².